The summed E-state index contributed by atoms with van der Waals surface area (Å²) < 4.78 is 28.0. The fourth-order valence-corrected chi connectivity index (χ4v) is 3.53. The molecule has 2 N–H and O–H groups in total. The Balaban J connectivity index is 2.10. The predicted molar refractivity (Wildman–Crippen MR) is 55.3 cm³/mol. The van der Waals surface area contributed by atoms with Crippen molar-refractivity contribution in [2.45, 2.75) is 18.8 Å². The van der Waals surface area contributed by atoms with E-state index in [0.29, 0.717) is 31.0 Å². The van der Waals surface area contributed by atoms with Gasteiger partial charge in [0.05, 0.1) is 17.7 Å². The van der Waals surface area contributed by atoms with Gasteiger partial charge in [-0.05, 0) is 6.42 Å². The van der Waals surface area contributed by atoms with E-state index < -0.39 is 9.84 Å². The molecule has 0 spiro atoms. The lowest BCUT2D eigenvalue weighted by molar-refractivity contribution is 0.433. The average Bonchev–Trinajstić information content (AvgIpc) is 2.73. The monoisotopic (exact) mass is 230 g/mol. The smallest absolute Gasteiger partial charge is 0.195 e. The van der Waals surface area contributed by atoms with Gasteiger partial charge in [-0.1, -0.05) is 0 Å². The molecule has 0 amide bonds. The van der Waals surface area contributed by atoms with Gasteiger partial charge in [0.15, 0.2) is 15.7 Å². The molecule has 15 heavy (non-hydrogen) atoms. The summed E-state index contributed by atoms with van der Waals surface area (Å²) in [6, 6.07) is 0. The van der Waals surface area contributed by atoms with Crippen molar-refractivity contribution in [2.24, 2.45) is 5.73 Å². The maximum Gasteiger partial charge on any atom is 0.195 e. The van der Waals surface area contributed by atoms with Gasteiger partial charge in [0.25, 0.3) is 0 Å². The first kappa shape index (κ1) is 10.6. The zero-order chi connectivity index (χ0) is 10.9. The van der Waals surface area contributed by atoms with Crippen LogP contribution in [0.3, 0.4) is 0 Å². The topological polar surface area (TPSA) is 86.2 Å². The van der Waals surface area contributed by atoms with E-state index in [4.69, 9.17) is 10.2 Å². The zero-order valence-corrected chi connectivity index (χ0v) is 9.16. The van der Waals surface area contributed by atoms with Crippen molar-refractivity contribution in [3.05, 3.63) is 17.8 Å². The molecule has 1 fully saturated rings. The Labute approximate surface area is 88.6 Å². The molecule has 5 nitrogen and oxygen atoms in total. The van der Waals surface area contributed by atoms with Gasteiger partial charge >= 0.3 is 0 Å². The van der Waals surface area contributed by atoms with Gasteiger partial charge in [-0.2, -0.15) is 0 Å². The normalized spacial score (nSPS) is 24.5. The van der Waals surface area contributed by atoms with Crippen LogP contribution < -0.4 is 5.73 Å². The number of oxazole rings is 1. The van der Waals surface area contributed by atoms with Crippen LogP contribution in [0.2, 0.25) is 0 Å². The highest BCUT2D eigenvalue weighted by Gasteiger charge is 2.31. The molecule has 1 saturated heterocycles. The lowest BCUT2D eigenvalue weighted by Gasteiger charge is -2.00. The number of hydrogen-bond acceptors (Lipinski definition) is 5. The van der Waals surface area contributed by atoms with Gasteiger partial charge in [0.1, 0.15) is 5.76 Å². The number of nitrogens with zero attached hydrogens (tertiary/aromatic N) is 1. The first-order valence-corrected chi connectivity index (χ1v) is 6.78. The minimum absolute atomic E-state index is 0.0194. The first-order chi connectivity index (χ1) is 7.11. The van der Waals surface area contributed by atoms with Crippen molar-refractivity contribution in [3.63, 3.8) is 0 Å². The standard InChI is InChI=1S/C9H14N2O3S/c10-3-1-9-11-5-8(14-9)7-2-4-15(12,13)6-7/h5,7H,1-4,6,10H2. The SMILES string of the molecule is NCCc1ncc(C2CCS(=O)(=O)C2)o1. The third kappa shape index (κ3) is 2.38. The summed E-state index contributed by atoms with van der Waals surface area (Å²) in [6.45, 7) is 0.489. The van der Waals surface area contributed by atoms with E-state index in [1.54, 1.807) is 6.20 Å². The Morgan fingerprint density at radius 2 is 2.40 bits per heavy atom. The molecule has 1 unspecified atom stereocenters. The van der Waals surface area contributed by atoms with Gasteiger partial charge in [0.2, 0.25) is 0 Å². The second kappa shape index (κ2) is 3.94. The highest BCUT2D eigenvalue weighted by atomic mass is 32.2. The minimum Gasteiger partial charge on any atom is -0.445 e. The number of sulfone groups is 1. The Bertz CT molecular complexity index is 438. The second-order valence-electron chi connectivity index (χ2n) is 3.80. The van der Waals surface area contributed by atoms with Crippen LogP contribution in [0.25, 0.3) is 0 Å². The van der Waals surface area contributed by atoms with Crippen molar-refractivity contribution < 1.29 is 12.8 Å². The summed E-state index contributed by atoms with van der Waals surface area (Å²) in [6.07, 6.45) is 2.86. The van der Waals surface area contributed by atoms with E-state index in [1.807, 2.05) is 0 Å². The molecule has 0 aromatic carbocycles. The predicted octanol–water partition coefficient (Wildman–Crippen LogP) is 0.0779. The van der Waals surface area contributed by atoms with Crippen molar-refractivity contribution in [3.8, 4) is 0 Å². The Morgan fingerprint density at radius 3 is 3.00 bits per heavy atom. The van der Waals surface area contributed by atoms with Gasteiger partial charge in [-0.15, -0.1) is 0 Å². The average molecular weight is 230 g/mol. The van der Waals surface area contributed by atoms with Gasteiger partial charge < -0.3 is 10.2 Å². The molecule has 84 valence electrons. The van der Waals surface area contributed by atoms with E-state index in [2.05, 4.69) is 4.98 Å². The highest BCUT2D eigenvalue weighted by Crippen LogP contribution is 2.29. The molecule has 2 heterocycles. The van der Waals surface area contributed by atoms with Crippen LogP contribution in [0, 0.1) is 0 Å². The quantitative estimate of drug-likeness (QED) is 0.794. The molecule has 2 rings (SSSR count). The molecule has 0 bridgehead atoms. The van der Waals surface area contributed by atoms with Crippen LogP contribution in [0.4, 0.5) is 0 Å². The van der Waals surface area contributed by atoms with Crippen LogP contribution in [-0.4, -0.2) is 31.5 Å². The Kier molecular flexibility index (Phi) is 2.79. The van der Waals surface area contributed by atoms with Gasteiger partial charge in [0, 0.05) is 18.9 Å². The lowest BCUT2D eigenvalue weighted by atomic mass is 10.1. The van der Waals surface area contributed by atoms with E-state index in [9.17, 15) is 8.42 Å². The molecular formula is C9H14N2O3S. The minimum atomic E-state index is -2.86. The maximum absolute atomic E-state index is 11.3. The largest absolute Gasteiger partial charge is 0.445 e. The Hall–Kier alpha value is -0.880. The number of hydrogen-bond donors (Lipinski definition) is 1. The van der Waals surface area contributed by atoms with Crippen molar-refractivity contribution in [1.29, 1.82) is 0 Å². The molecule has 1 atom stereocenters. The van der Waals surface area contributed by atoms with Gasteiger partial charge in [-0.25, -0.2) is 13.4 Å². The molecule has 0 saturated carbocycles. The van der Waals surface area contributed by atoms with E-state index >= 15 is 0 Å². The summed E-state index contributed by atoms with van der Waals surface area (Å²) in [5, 5.41) is 0. The fraction of sp³-hybridized carbons (Fsp3) is 0.667. The molecular weight excluding hydrogens is 216 g/mol. The molecule has 0 radical (unpaired) electrons. The van der Waals surface area contributed by atoms with Crippen LogP contribution in [0.15, 0.2) is 10.6 Å². The van der Waals surface area contributed by atoms with Crippen LogP contribution in [0.1, 0.15) is 24.0 Å². The second-order valence-corrected chi connectivity index (χ2v) is 6.02. The summed E-state index contributed by atoms with van der Waals surface area (Å²) in [7, 11) is -2.86. The highest BCUT2D eigenvalue weighted by molar-refractivity contribution is 7.91. The first-order valence-electron chi connectivity index (χ1n) is 4.96. The summed E-state index contributed by atoms with van der Waals surface area (Å²) in [5.74, 6) is 1.69. The van der Waals surface area contributed by atoms with Crippen LogP contribution in [-0.2, 0) is 16.3 Å². The van der Waals surface area contributed by atoms with Crippen molar-refractivity contribution in [1.82, 2.24) is 4.98 Å². The third-order valence-corrected chi connectivity index (χ3v) is 4.33. The van der Waals surface area contributed by atoms with Gasteiger partial charge in [-0.3, -0.25) is 0 Å². The number of nitrogens with two attached hydrogens (primary N) is 1. The Morgan fingerprint density at radius 1 is 1.60 bits per heavy atom. The zero-order valence-electron chi connectivity index (χ0n) is 8.35. The van der Waals surface area contributed by atoms with Crippen LogP contribution >= 0.6 is 0 Å². The molecule has 1 aromatic heterocycles. The maximum atomic E-state index is 11.3. The number of aromatic nitrogens is 1. The lowest BCUT2D eigenvalue weighted by Crippen LogP contribution is -2.03. The van der Waals surface area contributed by atoms with Crippen molar-refractivity contribution >= 4 is 9.84 Å². The van der Waals surface area contributed by atoms with Crippen molar-refractivity contribution in [2.75, 3.05) is 18.1 Å². The molecule has 1 aliphatic heterocycles. The molecule has 0 aliphatic carbocycles. The molecule has 1 aliphatic rings. The van der Waals surface area contributed by atoms with E-state index in [-0.39, 0.29) is 17.4 Å². The van der Waals surface area contributed by atoms with E-state index in [0.717, 1.165) is 0 Å². The van der Waals surface area contributed by atoms with E-state index in [1.165, 1.54) is 0 Å². The molecule has 6 heteroatoms. The summed E-state index contributed by atoms with van der Waals surface area (Å²) >= 11 is 0. The summed E-state index contributed by atoms with van der Waals surface area (Å²) in [5.41, 5.74) is 5.37. The fourth-order valence-electron chi connectivity index (χ4n) is 1.77. The van der Waals surface area contributed by atoms with Crippen LogP contribution in [0.5, 0.6) is 0 Å². The number of rotatable bonds is 3. The third-order valence-electron chi connectivity index (χ3n) is 2.56. The summed E-state index contributed by atoms with van der Waals surface area (Å²) in [4.78, 5) is 4.06. The molecule has 1 aromatic rings.